The molecule has 0 aromatic carbocycles. The first kappa shape index (κ1) is 74.3. The van der Waals surface area contributed by atoms with Gasteiger partial charge >= 0.3 is 5.97 Å². The minimum atomic E-state index is -1.72. The Morgan fingerprint density at radius 2 is 0.802 bits per heavy atom. The van der Waals surface area contributed by atoms with Crippen LogP contribution in [0.25, 0.3) is 0 Å². The summed E-state index contributed by atoms with van der Waals surface area (Å²) in [7, 11) is 0. The van der Waals surface area contributed by atoms with Gasteiger partial charge in [0.2, 0.25) is 0 Å². The first-order valence-corrected chi connectivity index (χ1v) is 32.2. The molecule has 14 nitrogen and oxygen atoms in total. The summed E-state index contributed by atoms with van der Waals surface area (Å²) in [5.74, 6) is -0.388. The van der Waals surface area contributed by atoms with Gasteiger partial charge in [-0.1, -0.05) is 221 Å². The number of hydrogen-bond donors (Lipinski definition) is 7. The number of esters is 1. The largest absolute Gasteiger partial charge is 0.457 e. The highest BCUT2D eigenvalue weighted by atomic mass is 16.7. The van der Waals surface area contributed by atoms with E-state index in [1.807, 2.05) is 0 Å². The summed E-state index contributed by atoms with van der Waals surface area (Å²) in [5, 5.41) is 72.5. The van der Waals surface area contributed by atoms with E-state index in [1.54, 1.807) is 0 Å². The smallest absolute Gasteiger partial charge is 0.306 e. The zero-order valence-corrected chi connectivity index (χ0v) is 50.5. The number of ether oxygens (including phenoxy) is 6. The quantitative estimate of drug-likeness (QED) is 0.0172. The molecule has 14 heteroatoms. The van der Waals surface area contributed by atoms with Gasteiger partial charge in [0.25, 0.3) is 0 Å². The molecule has 2 saturated heterocycles. The maximum absolute atomic E-state index is 13.1. The number of allylic oxidation sites excluding steroid dienone is 14. The molecule has 0 aromatic rings. The van der Waals surface area contributed by atoms with Gasteiger partial charge in [0.05, 0.1) is 26.4 Å². The lowest BCUT2D eigenvalue weighted by Gasteiger charge is -2.42. The number of carbonyl (C=O) groups excluding carboxylic acids is 1. The fourth-order valence-corrected chi connectivity index (χ4v) is 9.76. The molecule has 7 N–H and O–H groups in total. The monoisotopic (exact) mass is 1140 g/mol. The highest BCUT2D eigenvalue weighted by molar-refractivity contribution is 5.69. The molecule has 0 bridgehead atoms. The molecular weight excluding hydrogens is 1030 g/mol. The summed E-state index contributed by atoms with van der Waals surface area (Å²) in [4.78, 5) is 13.1. The Labute approximate surface area is 490 Å². The van der Waals surface area contributed by atoms with E-state index in [1.165, 1.54) is 122 Å². The molecule has 2 aliphatic rings. The van der Waals surface area contributed by atoms with Gasteiger partial charge in [-0.25, -0.2) is 0 Å². The average molecular weight is 1150 g/mol. The number of aliphatic hydroxyl groups is 7. The van der Waals surface area contributed by atoms with Crippen LogP contribution in [0.2, 0.25) is 0 Å². The van der Waals surface area contributed by atoms with Gasteiger partial charge in [-0.2, -0.15) is 0 Å². The Balaban J connectivity index is 1.69. The van der Waals surface area contributed by atoms with Gasteiger partial charge in [0, 0.05) is 13.0 Å². The maximum atomic E-state index is 13.1. The zero-order valence-electron chi connectivity index (χ0n) is 50.5. The highest BCUT2D eigenvalue weighted by Gasteiger charge is 2.47. The average Bonchev–Trinajstić information content (AvgIpc) is 3.57. The molecule has 0 amide bonds. The van der Waals surface area contributed by atoms with Gasteiger partial charge in [-0.05, 0) is 89.9 Å². The summed E-state index contributed by atoms with van der Waals surface area (Å²) in [6.45, 7) is 3.51. The third-order valence-electron chi connectivity index (χ3n) is 14.9. The van der Waals surface area contributed by atoms with Gasteiger partial charge < -0.3 is 64.2 Å². The first-order chi connectivity index (χ1) is 39.6. The van der Waals surface area contributed by atoms with E-state index < -0.39 is 80.7 Å². The van der Waals surface area contributed by atoms with Crippen LogP contribution in [0.1, 0.15) is 232 Å². The molecule has 0 radical (unpaired) electrons. The Hall–Kier alpha value is -2.83. The number of unbranched alkanes of at least 4 members (excludes halogenated alkanes) is 24. The minimum absolute atomic E-state index is 0.0353. The van der Waals surface area contributed by atoms with Crippen molar-refractivity contribution in [1.29, 1.82) is 0 Å². The van der Waals surface area contributed by atoms with E-state index in [2.05, 4.69) is 98.9 Å². The van der Waals surface area contributed by atoms with Crippen molar-refractivity contribution in [1.82, 2.24) is 0 Å². The molecule has 0 saturated carbocycles. The third kappa shape index (κ3) is 38.7. The van der Waals surface area contributed by atoms with Crippen LogP contribution in [-0.4, -0.2) is 142 Å². The van der Waals surface area contributed by atoms with Gasteiger partial charge in [-0.3, -0.25) is 4.79 Å². The molecule has 0 aromatic heterocycles. The van der Waals surface area contributed by atoms with Gasteiger partial charge in [0.1, 0.15) is 54.9 Å². The number of carbonyl (C=O) groups is 1. The van der Waals surface area contributed by atoms with Gasteiger partial charge in [0.15, 0.2) is 12.6 Å². The highest BCUT2D eigenvalue weighted by Crippen LogP contribution is 2.27. The molecule has 81 heavy (non-hydrogen) atoms. The van der Waals surface area contributed by atoms with Crippen molar-refractivity contribution in [2.45, 2.75) is 300 Å². The van der Waals surface area contributed by atoms with Crippen molar-refractivity contribution < 1.29 is 69.0 Å². The lowest BCUT2D eigenvalue weighted by Crippen LogP contribution is -2.61. The van der Waals surface area contributed by atoms with E-state index in [9.17, 15) is 40.5 Å². The van der Waals surface area contributed by atoms with E-state index in [-0.39, 0.29) is 25.6 Å². The van der Waals surface area contributed by atoms with Crippen molar-refractivity contribution in [3.05, 3.63) is 85.1 Å². The van der Waals surface area contributed by atoms with Crippen molar-refractivity contribution in [2.24, 2.45) is 0 Å². The summed E-state index contributed by atoms with van der Waals surface area (Å²) in [6.07, 6.45) is 53.7. The number of aliphatic hydroxyl groups excluding tert-OH is 7. The number of rotatable bonds is 52. The van der Waals surface area contributed by atoms with Gasteiger partial charge in [-0.15, -0.1) is 0 Å². The SMILES string of the molecule is CC/C=C\C/C=C\C/C=C\C/C=C\C/C=C\C/C=C\CCCCCOCC(COC1OC(COC2OC(CO)C(O)C(O)C2O)C(O)C(O)C1O)OC(=O)CCCCCCCCCCCCCCC/C=C\CCCCCCCCCC. The van der Waals surface area contributed by atoms with Crippen LogP contribution < -0.4 is 0 Å². The van der Waals surface area contributed by atoms with Crippen LogP contribution in [0, 0.1) is 0 Å². The Kier molecular flexibility index (Phi) is 48.3. The van der Waals surface area contributed by atoms with E-state index >= 15 is 0 Å². The summed E-state index contributed by atoms with van der Waals surface area (Å²) in [5.41, 5.74) is 0. The second kappa shape index (κ2) is 52.7. The third-order valence-corrected chi connectivity index (χ3v) is 14.9. The lowest BCUT2D eigenvalue weighted by atomic mass is 9.98. The molecule has 0 aliphatic carbocycles. The predicted octanol–water partition coefficient (Wildman–Crippen LogP) is 12.8. The number of hydrogen-bond acceptors (Lipinski definition) is 14. The molecule has 2 fully saturated rings. The maximum Gasteiger partial charge on any atom is 0.306 e. The van der Waals surface area contributed by atoms with Crippen molar-refractivity contribution in [3.63, 3.8) is 0 Å². The van der Waals surface area contributed by atoms with Crippen LogP contribution in [0.4, 0.5) is 0 Å². The molecule has 2 aliphatic heterocycles. The first-order valence-electron chi connectivity index (χ1n) is 32.2. The normalized spacial score (nSPS) is 24.3. The standard InChI is InChI=1S/C67H116O14/c1-3-5-7-9-11-13-15-17-19-21-23-25-27-28-29-30-32-34-36-38-40-42-44-46-48-50-59(69)79-56(53-76-51-49-47-45-43-41-39-37-35-33-31-26-24-22-20-18-16-14-12-10-8-6-4-2)54-77-66-65(75)63(73)61(71)58(81-66)55-78-67-64(74)62(72)60(70)57(52-68)80-67/h6,8,12,14,18,20-21,23-24,26,33,35,39,41,56-58,60-68,70-75H,3-5,7,9-11,13,15-17,19,22,25,27-32,34,36-38,40,42-55H2,1-2H3/b8-6-,14-12-,20-18-,23-21-,26-24-,35-33-,41-39-. The summed E-state index contributed by atoms with van der Waals surface area (Å²) < 4.78 is 34.4. The fourth-order valence-electron chi connectivity index (χ4n) is 9.76. The molecular formula is C67H116O14. The van der Waals surface area contributed by atoms with E-state index in [0.717, 1.165) is 83.5 Å². The summed E-state index contributed by atoms with van der Waals surface area (Å²) >= 11 is 0. The molecule has 468 valence electrons. The van der Waals surface area contributed by atoms with Crippen molar-refractivity contribution >= 4 is 5.97 Å². The molecule has 11 unspecified atom stereocenters. The second-order valence-corrected chi connectivity index (χ2v) is 22.2. The Bertz CT molecular complexity index is 1660. The molecule has 0 spiro atoms. The fraction of sp³-hybridized carbons (Fsp3) is 0.776. The van der Waals surface area contributed by atoms with Crippen molar-refractivity contribution in [2.75, 3.05) is 33.0 Å². The van der Waals surface area contributed by atoms with E-state index in [0.29, 0.717) is 13.0 Å². The Morgan fingerprint density at radius 3 is 1.27 bits per heavy atom. The minimum Gasteiger partial charge on any atom is -0.457 e. The lowest BCUT2D eigenvalue weighted by molar-refractivity contribution is -0.332. The van der Waals surface area contributed by atoms with Crippen LogP contribution in [-0.2, 0) is 33.2 Å². The zero-order chi connectivity index (χ0) is 58.6. The van der Waals surface area contributed by atoms with Crippen LogP contribution >= 0.6 is 0 Å². The second-order valence-electron chi connectivity index (χ2n) is 22.2. The Morgan fingerprint density at radius 1 is 0.420 bits per heavy atom. The van der Waals surface area contributed by atoms with Crippen molar-refractivity contribution in [3.8, 4) is 0 Å². The molecule has 11 atom stereocenters. The molecule has 2 rings (SSSR count). The predicted molar refractivity (Wildman–Crippen MR) is 325 cm³/mol. The molecule has 2 heterocycles. The van der Waals surface area contributed by atoms with Crippen LogP contribution in [0.5, 0.6) is 0 Å². The topological polar surface area (TPSA) is 214 Å². The van der Waals surface area contributed by atoms with E-state index in [4.69, 9.17) is 28.4 Å². The van der Waals surface area contributed by atoms with Crippen LogP contribution in [0.15, 0.2) is 85.1 Å². The summed E-state index contributed by atoms with van der Waals surface area (Å²) in [6, 6.07) is 0. The van der Waals surface area contributed by atoms with Crippen LogP contribution in [0.3, 0.4) is 0 Å².